The van der Waals surface area contributed by atoms with Crippen LogP contribution in [0.15, 0.2) is 30.3 Å². The molecule has 2 saturated heterocycles. The van der Waals surface area contributed by atoms with E-state index in [2.05, 4.69) is 6.07 Å². The van der Waals surface area contributed by atoms with Gasteiger partial charge in [0.15, 0.2) is 10.8 Å². The molecule has 0 spiro atoms. The average molecular weight is 334 g/mol. The number of benzene rings is 1. The lowest BCUT2D eigenvalue weighted by Crippen LogP contribution is -2.62. The smallest absolute Gasteiger partial charge is 0.216 e. The zero-order chi connectivity index (χ0) is 18.3. The Morgan fingerprint density at radius 2 is 1.76 bits per heavy atom. The predicted molar refractivity (Wildman–Crippen MR) is 87.7 cm³/mol. The Balaban J connectivity index is 2.20. The number of rotatable bonds is 3. The average Bonchev–Trinajstić information content (AvgIpc) is 2.80. The van der Waals surface area contributed by atoms with E-state index in [1.165, 1.54) is 0 Å². The van der Waals surface area contributed by atoms with Crippen LogP contribution in [-0.2, 0) is 15.9 Å². The summed E-state index contributed by atoms with van der Waals surface area (Å²) in [6.45, 7) is 3.57. The van der Waals surface area contributed by atoms with Gasteiger partial charge in [-0.3, -0.25) is 5.41 Å². The molecule has 1 N–H and O–H groups in total. The number of nitrogens with one attached hydrogen (secondary N) is 1. The van der Waals surface area contributed by atoms with E-state index in [-0.39, 0.29) is 12.3 Å². The molecule has 1 aromatic carbocycles. The Hall–Kier alpha value is -2.88. The highest BCUT2D eigenvalue weighted by Gasteiger charge is 2.78. The quantitative estimate of drug-likeness (QED) is 0.913. The van der Waals surface area contributed by atoms with E-state index in [9.17, 15) is 15.8 Å². The van der Waals surface area contributed by atoms with Gasteiger partial charge in [0.05, 0.1) is 24.1 Å². The third kappa shape index (κ3) is 1.88. The minimum atomic E-state index is -1.82. The Morgan fingerprint density at radius 3 is 2.28 bits per heavy atom. The topological polar surface area (TPSA) is 114 Å². The summed E-state index contributed by atoms with van der Waals surface area (Å²) < 4.78 is 11.9. The predicted octanol–water partition coefficient (Wildman–Crippen LogP) is 2.92. The summed E-state index contributed by atoms with van der Waals surface area (Å²) in [4.78, 5) is 0. The molecule has 3 rings (SSSR count). The number of ether oxygens (including phenoxy) is 2. The van der Waals surface area contributed by atoms with Crippen molar-refractivity contribution in [3.8, 4) is 18.2 Å². The van der Waals surface area contributed by atoms with Crippen LogP contribution in [0.1, 0.15) is 25.8 Å². The van der Waals surface area contributed by atoms with Crippen LogP contribution in [0.2, 0.25) is 0 Å². The van der Waals surface area contributed by atoms with E-state index < -0.39 is 28.6 Å². The zero-order valence-electron chi connectivity index (χ0n) is 14.1. The molecule has 2 bridgehead atoms. The maximum atomic E-state index is 9.97. The second-order valence-electron chi connectivity index (χ2n) is 6.57. The fraction of sp³-hybridized carbons (Fsp3) is 0.474. The van der Waals surface area contributed by atoms with Crippen molar-refractivity contribution in [3.63, 3.8) is 0 Å². The van der Waals surface area contributed by atoms with Crippen LogP contribution in [0.3, 0.4) is 0 Å². The van der Waals surface area contributed by atoms with E-state index >= 15 is 0 Å². The number of hydrogen-bond acceptors (Lipinski definition) is 6. The molecule has 0 radical (unpaired) electrons. The third-order valence-corrected chi connectivity index (χ3v) is 5.67. The summed E-state index contributed by atoms with van der Waals surface area (Å²) in [7, 11) is 0. The molecule has 4 unspecified atom stereocenters. The second kappa shape index (κ2) is 5.59. The Morgan fingerprint density at radius 1 is 1.12 bits per heavy atom. The number of fused-ring (bicyclic) bond motifs is 2. The first kappa shape index (κ1) is 17.0. The molecule has 1 aromatic rings. The van der Waals surface area contributed by atoms with Crippen molar-refractivity contribution in [1.29, 1.82) is 21.2 Å². The summed E-state index contributed by atoms with van der Waals surface area (Å²) in [6, 6.07) is 15.5. The zero-order valence-corrected chi connectivity index (χ0v) is 14.1. The molecule has 2 fully saturated rings. The lowest BCUT2D eigenvalue weighted by Gasteiger charge is -2.48. The van der Waals surface area contributed by atoms with E-state index in [0.717, 1.165) is 5.56 Å². The summed E-state index contributed by atoms with van der Waals surface area (Å²) in [6.07, 6.45) is -0.169. The Bertz CT molecular complexity index is 818. The van der Waals surface area contributed by atoms with Crippen LogP contribution >= 0.6 is 0 Å². The number of nitriles is 3. The van der Waals surface area contributed by atoms with Gasteiger partial charge in [-0.05, 0) is 5.56 Å². The van der Waals surface area contributed by atoms with E-state index in [4.69, 9.17) is 14.9 Å². The van der Waals surface area contributed by atoms with Gasteiger partial charge in [0.1, 0.15) is 6.10 Å². The van der Waals surface area contributed by atoms with Crippen molar-refractivity contribution in [3.05, 3.63) is 35.9 Å². The van der Waals surface area contributed by atoms with Gasteiger partial charge in [0.2, 0.25) is 11.7 Å². The van der Waals surface area contributed by atoms with Gasteiger partial charge in [-0.25, -0.2) is 0 Å². The van der Waals surface area contributed by atoms with Gasteiger partial charge in [0.25, 0.3) is 0 Å². The molecule has 0 aromatic heterocycles. The maximum Gasteiger partial charge on any atom is 0.216 e. The molecule has 126 valence electrons. The van der Waals surface area contributed by atoms with Gasteiger partial charge < -0.3 is 9.47 Å². The lowest BCUT2D eigenvalue weighted by molar-refractivity contribution is -0.276. The molecule has 6 heteroatoms. The van der Waals surface area contributed by atoms with Gasteiger partial charge >= 0.3 is 0 Å². The van der Waals surface area contributed by atoms with Crippen molar-refractivity contribution >= 4 is 5.90 Å². The molecule has 6 nitrogen and oxygen atoms in total. The fourth-order valence-corrected chi connectivity index (χ4v) is 4.16. The van der Waals surface area contributed by atoms with Gasteiger partial charge in [-0.2, -0.15) is 15.8 Å². The SMILES string of the molecule is CCC12OC(=N)C(C#N)(C1C)C(C#N)(C#N)C(Cc1ccccc1)O2. The van der Waals surface area contributed by atoms with Gasteiger partial charge in [0, 0.05) is 12.8 Å². The Kier molecular flexibility index (Phi) is 3.79. The monoisotopic (exact) mass is 334 g/mol. The molecular formula is C19H18N4O2. The third-order valence-electron chi connectivity index (χ3n) is 5.67. The standard InChI is InChI=1S/C19H18N4O2/c1-3-19-13(2)18(12-22,16(23)25-19)17(10-20,11-21)15(24-19)9-14-7-5-4-6-8-14/h4-8,13,15,23H,3,9H2,1-2H3. The van der Waals surface area contributed by atoms with Crippen LogP contribution < -0.4 is 0 Å². The van der Waals surface area contributed by atoms with E-state index in [1.807, 2.05) is 49.4 Å². The molecule has 25 heavy (non-hydrogen) atoms. The fourth-order valence-electron chi connectivity index (χ4n) is 4.16. The summed E-state index contributed by atoms with van der Waals surface area (Å²) in [5.74, 6) is -2.11. The number of nitrogens with zero attached hydrogens (tertiary/aromatic N) is 3. The molecular weight excluding hydrogens is 316 g/mol. The van der Waals surface area contributed by atoms with Crippen molar-refractivity contribution in [2.45, 2.75) is 38.6 Å². The molecule has 0 saturated carbocycles. The lowest BCUT2D eigenvalue weighted by atomic mass is 9.54. The minimum Gasteiger partial charge on any atom is -0.447 e. The van der Waals surface area contributed by atoms with Crippen molar-refractivity contribution in [2.75, 3.05) is 0 Å². The van der Waals surface area contributed by atoms with Crippen LogP contribution in [-0.4, -0.2) is 17.8 Å². The maximum absolute atomic E-state index is 9.97. The van der Waals surface area contributed by atoms with Gasteiger partial charge in [-0.15, -0.1) is 0 Å². The van der Waals surface area contributed by atoms with Crippen molar-refractivity contribution in [1.82, 2.24) is 0 Å². The summed E-state index contributed by atoms with van der Waals surface area (Å²) in [5, 5.41) is 38.1. The van der Waals surface area contributed by atoms with Crippen LogP contribution in [0, 0.1) is 56.2 Å². The van der Waals surface area contributed by atoms with Gasteiger partial charge in [-0.1, -0.05) is 44.2 Å². The largest absolute Gasteiger partial charge is 0.447 e. The normalized spacial score (nSPS) is 35.1. The highest BCUT2D eigenvalue weighted by atomic mass is 16.7. The van der Waals surface area contributed by atoms with Crippen molar-refractivity contribution < 1.29 is 9.47 Å². The first-order valence-electron chi connectivity index (χ1n) is 8.20. The summed E-state index contributed by atoms with van der Waals surface area (Å²) in [5.41, 5.74) is -2.57. The molecule has 2 heterocycles. The number of hydrogen-bond donors (Lipinski definition) is 1. The molecule has 2 aliphatic heterocycles. The molecule has 0 aliphatic carbocycles. The highest BCUT2D eigenvalue weighted by molar-refractivity contribution is 5.89. The first-order chi connectivity index (χ1) is 12.0. The van der Waals surface area contributed by atoms with Crippen molar-refractivity contribution in [2.24, 2.45) is 16.7 Å². The second-order valence-corrected chi connectivity index (χ2v) is 6.57. The first-order valence-corrected chi connectivity index (χ1v) is 8.20. The summed E-state index contributed by atoms with van der Waals surface area (Å²) >= 11 is 0. The van der Waals surface area contributed by atoms with Crippen LogP contribution in [0.4, 0.5) is 0 Å². The van der Waals surface area contributed by atoms with E-state index in [0.29, 0.717) is 6.42 Å². The van der Waals surface area contributed by atoms with E-state index in [1.54, 1.807) is 6.92 Å². The molecule has 2 aliphatic rings. The highest BCUT2D eigenvalue weighted by Crippen LogP contribution is 2.63. The molecule has 4 atom stereocenters. The van der Waals surface area contributed by atoms with Crippen LogP contribution in [0.5, 0.6) is 0 Å². The minimum absolute atomic E-state index is 0.288. The molecule has 0 amide bonds. The van der Waals surface area contributed by atoms with Crippen LogP contribution in [0.25, 0.3) is 0 Å². The Labute approximate surface area is 146 Å².